The molecule has 0 aliphatic rings. The van der Waals surface area contributed by atoms with Crippen LogP contribution in [0.2, 0.25) is 0 Å². The van der Waals surface area contributed by atoms with Crippen molar-refractivity contribution in [3.63, 3.8) is 0 Å². The third-order valence-corrected chi connectivity index (χ3v) is 1.71. The molecule has 10 heavy (non-hydrogen) atoms. The van der Waals surface area contributed by atoms with Crippen LogP contribution in [-0.4, -0.2) is 5.78 Å². The zero-order chi connectivity index (χ0) is 7.98. The van der Waals surface area contributed by atoms with Gasteiger partial charge in [0.2, 0.25) is 0 Å². The topological polar surface area (TPSA) is 17.1 Å². The highest BCUT2D eigenvalue weighted by molar-refractivity contribution is 6.42. The number of rotatable bonds is 4. The molecule has 0 spiro atoms. The van der Waals surface area contributed by atoms with Crippen molar-refractivity contribution in [2.75, 3.05) is 0 Å². The van der Waals surface area contributed by atoms with Gasteiger partial charge >= 0.3 is 0 Å². The second-order valence-electron chi connectivity index (χ2n) is 2.16. The van der Waals surface area contributed by atoms with E-state index in [9.17, 15) is 4.79 Å². The molecule has 0 rings (SSSR count). The number of ketones is 1. The molecule has 0 unspecified atom stereocenters. The van der Waals surface area contributed by atoms with Crippen LogP contribution < -0.4 is 0 Å². The fraction of sp³-hybridized carbons (Fsp3) is 0.625. The van der Waals surface area contributed by atoms with E-state index >= 15 is 0 Å². The van der Waals surface area contributed by atoms with Gasteiger partial charge in [0.15, 0.2) is 5.78 Å². The Morgan fingerprint density at radius 3 is 2.60 bits per heavy atom. The molecule has 0 fully saturated rings. The Bertz CT molecular complexity index is 138. The smallest absolute Gasteiger partial charge is 0.173 e. The minimum atomic E-state index is 0.0611. The van der Waals surface area contributed by atoms with E-state index < -0.39 is 0 Å². The lowest BCUT2D eigenvalue weighted by molar-refractivity contribution is -0.115. The number of hydrogen-bond acceptors (Lipinski definition) is 1. The van der Waals surface area contributed by atoms with Gasteiger partial charge in [-0.05, 0) is 13.3 Å². The molecule has 0 atom stereocenters. The van der Waals surface area contributed by atoms with E-state index in [0.717, 1.165) is 12.8 Å². The van der Waals surface area contributed by atoms with Crippen molar-refractivity contribution in [1.29, 1.82) is 0 Å². The lowest BCUT2D eigenvalue weighted by atomic mass is 10.2. The summed E-state index contributed by atoms with van der Waals surface area (Å²) in [6.07, 6.45) is 4.20. The summed E-state index contributed by atoms with van der Waals surface area (Å²) >= 11 is 5.56. The highest BCUT2D eigenvalue weighted by Crippen LogP contribution is 2.07. The van der Waals surface area contributed by atoms with Gasteiger partial charge in [0, 0.05) is 6.42 Å². The summed E-state index contributed by atoms with van der Waals surface area (Å²) in [5.41, 5.74) is 0. The van der Waals surface area contributed by atoms with Crippen LogP contribution >= 0.6 is 11.6 Å². The monoisotopic (exact) mass is 160 g/mol. The average Bonchev–Trinajstić information content (AvgIpc) is 1.98. The zero-order valence-electron chi connectivity index (χ0n) is 6.48. The Morgan fingerprint density at radius 2 is 2.20 bits per heavy atom. The summed E-state index contributed by atoms with van der Waals surface area (Å²) in [4.78, 5) is 10.9. The van der Waals surface area contributed by atoms with Crippen LogP contribution in [-0.2, 0) is 4.79 Å². The fourth-order valence-electron chi connectivity index (χ4n) is 0.618. The van der Waals surface area contributed by atoms with Gasteiger partial charge in [0.25, 0.3) is 0 Å². The van der Waals surface area contributed by atoms with Gasteiger partial charge in [0.05, 0.1) is 5.03 Å². The molecule has 2 heteroatoms. The molecule has 0 radical (unpaired) electrons. The zero-order valence-corrected chi connectivity index (χ0v) is 7.24. The molecule has 1 nitrogen and oxygen atoms in total. The van der Waals surface area contributed by atoms with Crippen molar-refractivity contribution >= 4 is 17.4 Å². The molecule has 58 valence electrons. The number of hydrogen-bond donors (Lipinski definition) is 0. The lowest BCUT2D eigenvalue weighted by Gasteiger charge is -1.94. The van der Waals surface area contributed by atoms with Gasteiger partial charge in [-0.25, -0.2) is 0 Å². The van der Waals surface area contributed by atoms with E-state index in [1.807, 2.05) is 0 Å². The minimum Gasteiger partial charge on any atom is -0.293 e. The van der Waals surface area contributed by atoms with E-state index in [1.165, 1.54) is 0 Å². The lowest BCUT2D eigenvalue weighted by Crippen LogP contribution is -1.96. The first-order valence-corrected chi connectivity index (χ1v) is 3.95. The summed E-state index contributed by atoms with van der Waals surface area (Å²) in [5.74, 6) is 0.0611. The Hall–Kier alpha value is -0.300. The van der Waals surface area contributed by atoms with Gasteiger partial charge in [-0.3, -0.25) is 4.79 Å². The molecular formula is C8H13ClO. The Labute approximate surface area is 67.1 Å². The Kier molecular flexibility index (Phi) is 5.32. The van der Waals surface area contributed by atoms with Gasteiger partial charge in [-0.15, -0.1) is 0 Å². The maximum atomic E-state index is 10.9. The van der Waals surface area contributed by atoms with Crippen molar-refractivity contribution in [2.45, 2.75) is 33.1 Å². The fourth-order valence-corrected chi connectivity index (χ4v) is 0.712. The predicted octanol–water partition coefficient (Wildman–Crippen LogP) is 2.89. The Morgan fingerprint density at radius 1 is 1.60 bits per heavy atom. The molecule has 0 aliphatic carbocycles. The first-order chi connectivity index (χ1) is 4.72. The first kappa shape index (κ1) is 9.70. The SMILES string of the molecule is C/C=C(\Cl)C(=O)CCCC. The number of unbranched alkanes of at least 4 members (excludes halogenated alkanes) is 1. The van der Waals surface area contributed by atoms with Crippen LogP contribution in [0.15, 0.2) is 11.1 Å². The molecule has 0 heterocycles. The van der Waals surface area contributed by atoms with Crippen molar-refractivity contribution in [2.24, 2.45) is 0 Å². The highest BCUT2D eigenvalue weighted by atomic mass is 35.5. The van der Waals surface area contributed by atoms with Crippen LogP contribution in [0.1, 0.15) is 33.1 Å². The standard InChI is InChI=1S/C8H13ClO/c1-3-5-6-8(10)7(9)4-2/h4H,3,5-6H2,1-2H3/b7-4-. The molecule has 0 amide bonds. The summed E-state index contributed by atoms with van der Waals surface area (Å²) < 4.78 is 0. The Balaban J connectivity index is 3.63. The molecule has 0 saturated heterocycles. The highest BCUT2D eigenvalue weighted by Gasteiger charge is 2.02. The van der Waals surface area contributed by atoms with Crippen LogP contribution in [0, 0.1) is 0 Å². The molecular weight excluding hydrogens is 148 g/mol. The normalized spacial score (nSPS) is 11.7. The van der Waals surface area contributed by atoms with Crippen molar-refractivity contribution < 1.29 is 4.79 Å². The summed E-state index contributed by atoms with van der Waals surface area (Å²) in [6, 6.07) is 0. The molecule has 0 bridgehead atoms. The predicted molar refractivity (Wildman–Crippen MR) is 44.1 cm³/mol. The van der Waals surface area contributed by atoms with Gasteiger partial charge in [-0.1, -0.05) is 31.0 Å². The molecule has 0 aromatic carbocycles. The third-order valence-electron chi connectivity index (χ3n) is 1.28. The third kappa shape index (κ3) is 3.67. The van der Waals surface area contributed by atoms with E-state index in [4.69, 9.17) is 11.6 Å². The molecule has 0 aromatic heterocycles. The minimum absolute atomic E-state index is 0.0611. The van der Waals surface area contributed by atoms with Crippen LogP contribution in [0.25, 0.3) is 0 Å². The summed E-state index contributed by atoms with van der Waals surface area (Å²) in [5, 5.41) is 0.369. The molecule has 0 N–H and O–H groups in total. The summed E-state index contributed by atoms with van der Waals surface area (Å²) in [6.45, 7) is 3.82. The number of halogens is 1. The molecule has 0 saturated carbocycles. The van der Waals surface area contributed by atoms with Crippen molar-refractivity contribution in [1.82, 2.24) is 0 Å². The van der Waals surface area contributed by atoms with E-state index in [1.54, 1.807) is 13.0 Å². The van der Waals surface area contributed by atoms with Crippen LogP contribution in [0.3, 0.4) is 0 Å². The van der Waals surface area contributed by atoms with Crippen LogP contribution in [0.5, 0.6) is 0 Å². The second kappa shape index (κ2) is 5.48. The van der Waals surface area contributed by atoms with Crippen LogP contribution in [0.4, 0.5) is 0 Å². The van der Waals surface area contributed by atoms with Gasteiger partial charge in [0.1, 0.15) is 0 Å². The number of Topliss-reactive ketones (excluding diaryl/α,β-unsaturated/α-hetero) is 1. The quantitative estimate of drug-likeness (QED) is 0.578. The van der Waals surface area contributed by atoms with Gasteiger partial charge < -0.3 is 0 Å². The van der Waals surface area contributed by atoms with E-state index in [2.05, 4.69) is 6.92 Å². The molecule has 0 aromatic rings. The first-order valence-electron chi connectivity index (χ1n) is 3.57. The van der Waals surface area contributed by atoms with E-state index in [0.29, 0.717) is 11.5 Å². The largest absolute Gasteiger partial charge is 0.293 e. The number of carbonyl (C=O) groups is 1. The van der Waals surface area contributed by atoms with E-state index in [-0.39, 0.29) is 5.78 Å². The van der Waals surface area contributed by atoms with Gasteiger partial charge in [-0.2, -0.15) is 0 Å². The molecule has 0 aliphatic heterocycles. The van der Waals surface area contributed by atoms with Crippen molar-refractivity contribution in [3.05, 3.63) is 11.1 Å². The number of carbonyl (C=O) groups excluding carboxylic acids is 1. The average molecular weight is 161 g/mol. The maximum absolute atomic E-state index is 10.9. The summed E-state index contributed by atoms with van der Waals surface area (Å²) in [7, 11) is 0. The second-order valence-corrected chi connectivity index (χ2v) is 2.57. The number of allylic oxidation sites excluding steroid dienone is 2. The maximum Gasteiger partial charge on any atom is 0.173 e. The van der Waals surface area contributed by atoms with Crippen molar-refractivity contribution in [3.8, 4) is 0 Å².